The van der Waals surface area contributed by atoms with Gasteiger partial charge in [-0.1, -0.05) is 42.5 Å². The number of hydrogen-bond acceptors (Lipinski definition) is 8. The van der Waals surface area contributed by atoms with Gasteiger partial charge in [0, 0.05) is 17.2 Å². The summed E-state index contributed by atoms with van der Waals surface area (Å²) in [4.78, 5) is 15.3. The van der Waals surface area contributed by atoms with Crippen LogP contribution in [-0.4, -0.2) is 55.9 Å². The molecule has 3 aromatic rings. The summed E-state index contributed by atoms with van der Waals surface area (Å²) in [5, 5.41) is 13.1. The normalized spacial score (nSPS) is 12.9. The van der Waals surface area contributed by atoms with E-state index in [0.29, 0.717) is 36.2 Å². The summed E-state index contributed by atoms with van der Waals surface area (Å²) in [6.45, 7) is 2.97. The number of phenolic OH excluding ortho intramolecular Hbond substituents is 1. The van der Waals surface area contributed by atoms with Gasteiger partial charge in [0.1, 0.15) is 11.3 Å². The summed E-state index contributed by atoms with van der Waals surface area (Å²) in [6.07, 6.45) is 0.510. The van der Waals surface area contributed by atoms with Crippen molar-refractivity contribution in [1.82, 2.24) is 15.0 Å². The molecule has 1 aromatic heterocycles. The maximum atomic E-state index is 12.3. The van der Waals surface area contributed by atoms with Crippen molar-refractivity contribution in [3.05, 3.63) is 57.7 Å². The van der Waals surface area contributed by atoms with Gasteiger partial charge in [-0.3, -0.25) is 10.1 Å². The topological polar surface area (TPSA) is 121 Å². The van der Waals surface area contributed by atoms with E-state index >= 15 is 0 Å². The molecule has 0 bridgehead atoms. The number of rotatable bonds is 14. The number of hydrogen-bond donors (Lipinski definition) is 4. The molecule has 3 rings (SSSR count). The summed E-state index contributed by atoms with van der Waals surface area (Å²) in [6, 6.07) is 13.3. The molecule has 0 amide bonds. The lowest BCUT2D eigenvalue weighted by molar-refractivity contribution is 0.122. The Labute approximate surface area is 201 Å². The van der Waals surface area contributed by atoms with Gasteiger partial charge >= 0.3 is 4.87 Å². The van der Waals surface area contributed by atoms with E-state index < -0.39 is 16.2 Å². The van der Waals surface area contributed by atoms with Gasteiger partial charge in [-0.25, -0.2) is 8.42 Å². The van der Waals surface area contributed by atoms with Crippen LogP contribution in [0.15, 0.2) is 52.2 Å². The van der Waals surface area contributed by atoms with Crippen molar-refractivity contribution in [2.75, 3.05) is 31.3 Å². The molecule has 1 heterocycles. The molecule has 0 saturated heterocycles. The third kappa shape index (κ3) is 8.13. The summed E-state index contributed by atoms with van der Waals surface area (Å²) in [5.41, 5.74) is 1.33. The van der Waals surface area contributed by atoms with Gasteiger partial charge in [0.05, 0.1) is 29.8 Å². The molecule has 1 atom stereocenters. The van der Waals surface area contributed by atoms with Crippen LogP contribution in [0.5, 0.6) is 5.75 Å². The number of benzene rings is 2. The van der Waals surface area contributed by atoms with Crippen LogP contribution in [0.2, 0.25) is 0 Å². The van der Waals surface area contributed by atoms with Crippen LogP contribution < -0.4 is 14.9 Å². The minimum Gasteiger partial charge on any atom is -0.506 e. The standard InChI is InChI=1S/C22H29N3O5S3/c1-2-14-33(28,29)25-19(15-30-12-13-31-17-6-4-3-5-7-17)23-11-10-16-8-9-18(26)20-21(16)32-22(27)24-20/h3-9,19,23,25-26H,2,10-15H2,1H3,(H,24,27). The molecule has 1 unspecified atom stereocenters. The van der Waals surface area contributed by atoms with Crippen LogP contribution in [0.4, 0.5) is 0 Å². The van der Waals surface area contributed by atoms with Crippen LogP contribution in [-0.2, 0) is 21.2 Å². The Balaban J connectivity index is 1.54. The average Bonchev–Trinajstić information content (AvgIpc) is 3.18. The number of aromatic amines is 1. The van der Waals surface area contributed by atoms with E-state index in [0.717, 1.165) is 27.5 Å². The summed E-state index contributed by atoms with van der Waals surface area (Å²) in [5.74, 6) is 0.841. The number of thiazole rings is 1. The fourth-order valence-corrected chi connectivity index (χ4v) is 6.19. The van der Waals surface area contributed by atoms with E-state index in [4.69, 9.17) is 4.74 Å². The number of phenols is 1. The zero-order chi connectivity index (χ0) is 23.7. The van der Waals surface area contributed by atoms with Crippen LogP contribution in [0.1, 0.15) is 18.9 Å². The van der Waals surface area contributed by atoms with E-state index in [1.807, 2.05) is 37.3 Å². The Bertz CT molecular complexity index is 1180. The van der Waals surface area contributed by atoms with Crippen molar-refractivity contribution in [1.29, 1.82) is 0 Å². The smallest absolute Gasteiger partial charge is 0.305 e. The van der Waals surface area contributed by atoms with Crippen molar-refractivity contribution >= 4 is 43.3 Å². The highest BCUT2D eigenvalue weighted by Crippen LogP contribution is 2.27. The van der Waals surface area contributed by atoms with Gasteiger partial charge in [-0.2, -0.15) is 4.72 Å². The van der Waals surface area contributed by atoms with E-state index in [2.05, 4.69) is 15.0 Å². The molecular weight excluding hydrogens is 482 g/mol. The largest absolute Gasteiger partial charge is 0.506 e. The van der Waals surface area contributed by atoms with Gasteiger partial charge in [-0.15, -0.1) is 11.8 Å². The number of sulfonamides is 1. The van der Waals surface area contributed by atoms with Crippen molar-refractivity contribution in [2.45, 2.75) is 30.8 Å². The maximum absolute atomic E-state index is 12.3. The number of aromatic nitrogens is 1. The molecule has 0 aliphatic heterocycles. The van der Waals surface area contributed by atoms with E-state index in [1.165, 1.54) is 0 Å². The number of thioether (sulfide) groups is 1. The zero-order valence-corrected chi connectivity index (χ0v) is 20.8. The van der Waals surface area contributed by atoms with Gasteiger partial charge < -0.3 is 14.8 Å². The minimum atomic E-state index is -3.42. The Morgan fingerprint density at radius 2 is 2.00 bits per heavy atom. The second-order valence-corrected chi connectivity index (χ2v) is 11.4. The monoisotopic (exact) mass is 511 g/mol. The van der Waals surface area contributed by atoms with Crippen molar-refractivity contribution in [2.24, 2.45) is 0 Å². The first kappa shape index (κ1) is 25.7. The lowest BCUT2D eigenvalue weighted by Crippen LogP contribution is -2.49. The molecule has 8 nitrogen and oxygen atoms in total. The molecular formula is C22H29N3O5S3. The van der Waals surface area contributed by atoms with E-state index in [9.17, 15) is 18.3 Å². The molecule has 2 aromatic carbocycles. The van der Waals surface area contributed by atoms with Gasteiger partial charge in [0.15, 0.2) is 0 Å². The van der Waals surface area contributed by atoms with Crippen LogP contribution >= 0.6 is 23.1 Å². The zero-order valence-electron chi connectivity index (χ0n) is 18.4. The average molecular weight is 512 g/mol. The molecule has 0 fully saturated rings. The molecule has 11 heteroatoms. The third-order valence-electron chi connectivity index (χ3n) is 4.74. The molecule has 0 radical (unpaired) electrons. The fourth-order valence-electron chi connectivity index (χ4n) is 3.27. The highest BCUT2D eigenvalue weighted by molar-refractivity contribution is 7.99. The molecule has 0 aliphatic carbocycles. The van der Waals surface area contributed by atoms with Crippen molar-refractivity contribution in [3.63, 3.8) is 0 Å². The van der Waals surface area contributed by atoms with Gasteiger partial charge in [-0.05, 0) is 36.6 Å². The molecule has 180 valence electrons. The first-order chi connectivity index (χ1) is 15.9. The molecule has 0 saturated carbocycles. The van der Waals surface area contributed by atoms with Crippen molar-refractivity contribution in [3.8, 4) is 5.75 Å². The fraction of sp³-hybridized carbons (Fsp3) is 0.409. The number of ether oxygens (including phenoxy) is 1. The number of nitrogens with one attached hydrogen (secondary N) is 3. The lowest BCUT2D eigenvalue weighted by Gasteiger charge is -2.20. The van der Waals surface area contributed by atoms with E-state index in [1.54, 1.807) is 23.9 Å². The first-order valence-electron chi connectivity index (χ1n) is 10.7. The molecule has 0 spiro atoms. The van der Waals surface area contributed by atoms with Gasteiger partial charge in [0.25, 0.3) is 0 Å². The van der Waals surface area contributed by atoms with Crippen LogP contribution in [0.3, 0.4) is 0 Å². The number of aromatic hydroxyl groups is 1. The van der Waals surface area contributed by atoms with Gasteiger partial charge in [0.2, 0.25) is 10.0 Å². The second-order valence-electron chi connectivity index (χ2n) is 7.39. The predicted octanol–water partition coefficient (Wildman–Crippen LogP) is 2.89. The minimum absolute atomic E-state index is 0.0343. The third-order valence-corrected chi connectivity index (χ3v) is 8.27. The predicted molar refractivity (Wildman–Crippen MR) is 135 cm³/mol. The molecule has 33 heavy (non-hydrogen) atoms. The lowest BCUT2D eigenvalue weighted by atomic mass is 10.1. The SMILES string of the molecule is CCCS(=O)(=O)NC(COCCSc1ccccc1)NCCc1ccc(O)c2[nH]c(=O)sc12. The highest BCUT2D eigenvalue weighted by Gasteiger charge is 2.17. The summed E-state index contributed by atoms with van der Waals surface area (Å²) >= 11 is 2.73. The molecule has 0 aliphatic rings. The quantitative estimate of drug-likeness (QED) is 0.149. The number of H-pyrrole nitrogens is 1. The second kappa shape index (κ2) is 12.5. The number of fused-ring (bicyclic) bond motifs is 1. The van der Waals surface area contributed by atoms with Crippen LogP contribution in [0, 0.1) is 0 Å². The molecule has 4 N–H and O–H groups in total. The maximum Gasteiger partial charge on any atom is 0.305 e. The Morgan fingerprint density at radius 3 is 2.76 bits per heavy atom. The van der Waals surface area contributed by atoms with E-state index in [-0.39, 0.29) is 23.0 Å². The van der Waals surface area contributed by atoms with Crippen LogP contribution in [0.25, 0.3) is 10.2 Å². The highest BCUT2D eigenvalue weighted by atomic mass is 32.2. The Kier molecular flexibility index (Phi) is 9.78. The first-order valence-corrected chi connectivity index (χ1v) is 14.2. The summed E-state index contributed by atoms with van der Waals surface area (Å²) < 4.78 is 33.7. The van der Waals surface area contributed by atoms with Crippen molar-refractivity contribution < 1.29 is 18.3 Å². The summed E-state index contributed by atoms with van der Waals surface area (Å²) in [7, 11) is -3.42. The Hall–Kier alpha value is -1.89. The Morgan fingerprint density at radius 1 is 1.21 bits per heavy atom.